The number of rotatable bonds is 5. The van der Waals surface area contributed by atoms with Crippen molar-refractivity contribution in [2.45, 2.75) is 20.4 Å². The van der Waals surface area contributed by atoms with Crippen LogP contribution in [0.1, 0.15) is 27.6 Å². The van der Waals surface area contributed by atoms with E-state index in [1.54, 1.807) is 20.0 Å². The number of nitro groups is 1. The largest absolute Gasteiger partial charge is 0.478 e. The summed E-state index contributed by atoms with van der Waals surface area (Å²) in [6, 6.07) is 2.39. The Bertz CT molecular complexity index is 708. The Morgan fingerprint density at radius 2 is 2.19 bits per heavy atom. The van der Waals surface area contributed by atoms with Crippen LogP contribution >= 0.6 is 0 Å². The van der Waals surface area contributed by atoms with Crippen LogP contribution in [0.15, 0.2) is 22.7 Å². The van der Waals surface area contributed by atoms with Crippen LogP contribution in [0.2, 0.25) is 0 Å². The van der Waals surface area contributed by atoms with E-state index >= 15 is 0 Å². The standard InChI is InChI=1S/C13H13N3O5/c1-7-5-15-12(21-7)6-14-10-3-9(13(17)18)4-11(8(10)2)16(19)20/h3-5,14H,6H2,1-2H3,(H,17,18). The maximum absolute atomic E-state index is 11.0. The Balaban J connectivity index is 2.32. The highest BCUT2D eigenvalue weighted by molar-refractivity contribution is 5.90. The third-order valence-corrected chi connectivity index (χ3v) is 2.92. The first-order chi connectivity index (χ1) is 9.88. The molecular weight excluding hydrogens is 278 g/mol. The molecule has 0 spiro atoms. The van der Waals surface area contributed by atoms with E-state index in [9.17, 15) is 14.9 Å². The van der Waals surface area contributed by atoms with Crippen molar-refractivity contribution in [2.75, 3.05) is 5.32 Å². The van der Waals surface area contributed by atoms with E-state index in [4.69, 9.17) is 9.52 Å². The Kier molecular flexibility index (Phi) is 3.88. The van der Waals surface area contributed by atoms with Crippen molar-refractivity contribution in [1.82, 2.24) is 4.98 Å². The second-order valence-electron chi connectivity index (χ2n) is 4.45. The van der Waals surface area contributed by atoms with Crippen molar-refractivity contribution < 1.29 is 19.2 Å². The first-order valence-electron chi connectivity index (χ1n) is 6.06. The lowest BCUT2D eigenvalue weighted by Gasteiger charge is -2.09. The molecule has 0 radical (unpaired) electrons. The third kappa shape index (κ3) is 3.16. The van der Waals surface area contributed by atoms with E-state index in [2.05, 4.69) is 10.3 Å². The fourth-order valence-corrected chi connectivity index (χ4v) is 1.85. The van der Waals surface area contributed by atoms with Crippen molar-refractivity contribution in [3.63, 3.8) is 0 Å². The van der Waals surface area contributed by atoms with E-state index in [0.29, 0.717) is 22.9 Å². The van der Waals surface area contributed by atoms with Crippen molar-refractivity contribution in [1.29, 1.82) is 0 Å². The summed E-state index contributed by atoms with van der Waals surface area (Å²) >= 11 is 0. The number of hydrogen-bond donors (Lipinski definition) is 2. The van der Waals surface area contributed by atoms with Crippen LogP contribution in [0.4, 0.5) is 11.4 Å². The number of carboxylic acids is 1. The predicted molar refractivity (Wildman–Crippen MR) is 73.4 cm³/mol. The second-order valence-corrected chi connectivity index (χ2v) is 4.45. The molecule has 8 heteroatoms. The zero-order chi connectivity index (χ0) is 15.6. The highest BCUT2D eigenvalue weighted by Gasteiger charge is 2.19. The molecule has 0 aliphatic heterocycles. The van der Waals surface area contributed by atoms with E-state index in [1.807, 2.05) is 0 Å². The maximum atomic E-state index is 11.0. The van der Waals surface area contributed by atoms with Crippen molar-refractivity contribution in [3.8, 4) is 0 Å². The van der Waals surface area contributed by atoms with Gasteiger partial charge in [0.25, 0.3) is 5.69 Å². The van der Waals surface area contributed by atoms with Gasteiger partial charge in [0, 0.05) is 17.3 Å². The molecule has 8 nitrogen and oxygen atoms in total. The third-order valence-electron chi connectivity index (χ3n) is 2.92. The Labute approximate surface area is 119 Å². The summed E-state index contributed by atoms with van der Waals surface area (Å²) in [4.78, 5) is 25.4. The topological polar surface area (TPSA) is 119 Å². The molecule has 0 atom stereocenters. The minimum Gasteiger partial charge on any atom is -0.478 e. The van der Waals surface area contributed by atoms with Gasteiger partial charge in [-0.05, 0) is 19.9 Å². The summed E-state index contributed by atoms with van der Waals surface area (Å²) < 4.78 is 5.28. The van der Waals surface area contributed by atoms with Gasteiger partial charge < -0.3 is 14.8 Å². The minimum absolute atomic E-state index is 0.154. The van der Waals surface area contributed by atoms with E-state index < -0.39 is 10.9 Å². The number of hydrogen-bond acceptors (Lipinski definition) is 6. The van der Waals surface area contributed by atoms with Crippen molar-refractivity contribution in [3.05, 3.63) is 51.2 Å². The number of carboxylic acid groups (broad SMARTS) is 1. The number of nitrogens with zero attached hydrogens (tertiary/aromatic N) is 2. The summed E-state index contributed by atoms with van der Waals surface area (Å²) in [5.74, 6) is -0.169. The summed E-state index contributed by atoms with van der Waals surface area (Å²) in [6.07, 6.45) is 1.56. The highest BCUT2D eigenvalue weighted by atomic mass is 16.6. The van der Waals surface area contributed by atoms with Gasteiger partial charge in [0.05, 0.1) is 23.2 Å². The number of nitrogens with one attached hydrogen (secondary N) is 1. The van der Waals surface area contributed by atoms with E-state index in [1.165, 1.54) is 6.07 Å². The van der Waals surface area contributed by atoms with Crippen LogP contribution in [0.25, 0.3) is 0 Å². The molecule has 2 aromatic rings. The summed E-state index contributed by atoms with van der Waals surface area (Å²) in [5, 5.41) is 22.9. The molecule has 110 valence electrons. The van der Waals surface area contributed by atoms with Gasteiger partial charge in [-0.2, -0.15) is 0 Å². The molecule has 21 heavy (non-hydrogen) atoms. The molecule has 1 heterocycles. The Morgan fingerprint density at radius 1 is 1.48 bits per heavy atom. The van der Waals surface area contributed by atoms with Crippen LogP contribution in [0, 0.1) is 24.0 Å². The number of aryl methyl sites for hydroxylation is 1. The lowest BCUT2D eigenvalue weighted by atomic mass is 10.1. The zero-order valence-electron chi connectivity index (χ0n) is 11.4. The number of carbonyl (C=O) groups is 1. The number of anilines is 1. The first kappa shape index (κ1) is 14.5. The molecule has 0 fully saturated rings. The quantitative estimate of drug-likeness (QED) is 0.641. The average molecular weight is 291 g/mol. The molecule has 1 aromatic heterocycles. The normalized spacial score (nSPS) is 10.4. The van der Waals surface area contributed by atoms with Gasteiger partial charge in [0.1, 0.15) is 5.76 Å². The van der Waals surface area contributed by atoms with Crippen molar-refractivity contribution >= 4 is 17.3 Å². The van der Waals surface area contributed by atoms with Crippen LogP contribution in [-0.4, -0.2) is 21.0 Å². The molecule has 2 rings (SSSR count). The SMILES string of the molecule is Cc1cnc(CNc2cc(C(=O)O)cc([N+](=O)[O-])c2C)o1. The minimum atomic E-state index is -1.23. The second kappa shape index (κ2) is 5.61. The molecule has 0 aliphatic rings. The monoisotopic (exact) mass is 291 g/mol. The molecule has 0 saturated carbocycles. The lowest BCUT2D eigenvalue weighted by molar-refractivity contribution is -0.385. The van der Waals surface area contributed by atoms with Gasteiger partial charge in [-0.15, -0.1) is 0 Å². The number of aromatic nitrogens is 1. The molecular formula is C13H13N3O5. The molecule has 0 amide bonds. The van der Waals surface area contributed by atoms with Crippen LogP contribution in [0.3, 0.4) is 0 Å². The zero-order valence-corrected chi connectivity index (χ0v) is 11.4. The first-order valence-corrected chi connectivity index (χ1v) is 6.06. The van der Waals surface area contributed by atoms with Gasteiger partial charge in [-0.25, -0.2) is 9.78 Å². The van der Waals surface area contributed by atoms with Crippen LogP contribution in [-0.2, 0) is 6.54 Å². The fourth-order valence-electron chi connectivity index (χ4n) is 1.85. The maximum Gasteiger partial charge on any atom is 0.336 e. The van der Waals surface area contributed by atoms with Gasteiger partial charge in [-0.3, -0.25) is 10.1 Å². The summed E-state index contributed by atoms with van der Waals surface area (Å²) in [6.45, 7) is 3.50. The molecule has 0 aliphatic carbocycles. The Hall–Kier alpha value is -2.90. The smallest absolute Gasteiger partial charge is 0.336 e. The molecule has 0 saturated heterocycles. The number of oxazole rings is 1. The molecule has 0 unspecified atom stereocenters. The van der Waals surface area contributed by atoms with Crippen molar-refractivity contribution in [2.24, 2.45) is 0 Å². The van der Waals surface area contributed by atoms with E-state index in [-0.39, 0.29) is 17.8 Å². The van der Waals surface area contributed by atoms with Crippen LogP contribution < -0.4 is 5.32 Å². The number of nitro benzene ring substituents is 1. The molecule has 0 bridgehead atoms. The molecule has 2 N–H and O–H groups in total. The predicted octanol–water partition coefficient (Wildman–Crippen LogP) is 2.51. The van der Waals surface area contributed by atoms with Gasteiger partial charge in [-0.1, -0.05) is 0 Å². The summed E-state index contributed by atoms with van der Waals surface area (Å²) in [7, 11) is 0. The summed E-state index contributed by atoms with van der Waals surface area (Å²) in [5.41, 5.74) is 0.310. The van der Waals surface area contributed by atoms with Crippen LogP contribution in [0.5, 0.6) is 0 Å². The van der Waals surface area contributed by atoms with Gasteiger partial charge in [0.2, 0.25) is 5.89 Å². The lowest BCUT2D eigenvalue weighted by Crippen LogP contribution is -2.06. The Morgan fingerprint density at radius 3 is 2.71 bits per heavy atom. The fraction of sp³-hybridized carbons (Fsp3) is 0.231. The van der Waals surface area contributed by atoms with E-state index in [0.717, 1.165) is 6.07 Å². The number of benzene rings is 1. The van der Waals surface area contributed by atoms with Gasteiger partial charge >= 0.3 is 5.97 Å². The average Bonchev–Trinajstić information content (AvgIpc) is 2.82. The number of aromatic carboxylic acids is 1. The van der Waals surface area contributed by atoms with Gasteiger partial charge in [0.15, 0.2) is 0 Å². The highest BCUT2D eigenvalue weighted by Crippen LogP contribution is 2.28. The molecule has 1 aromatic carbocycles.